The Bertz CT molecular complexity index is 5090. The van der Waals surface area contributed by atoms with Crippen molar-refractivity contribution in [1.29, 1.82) is 0 Å². The van der Waals surface area contributed by atoms with Gasteiger partial charge in [0.05, 0.1) is 69.1 Å². The van der Waals surface area contributed by atoms with Gasteiger partial charge in [-0.25, -0.2) is 0 Å². The van der Waals surface area contributed by atoms with Crippen molar-refractivity contribution in [2.75, 3.05) is 41.3 Å². The molecule has 2 atom stereocenters. The van der Waals surface area contributed by atoms with Crippen molar-refractivity contribution in [2.45, 2.75) is 88.5 Å². The van der Waals surface area contributed by atoms with Crippen molar-refractivity contribution in [2.24, 2.45) is 15.5 Å². The van der Waals surface area contributed by atoms with E-state index < -0.39 is 58.7 Å². The number of carbonyl (C=O) groups excluding carboxylic acids is 1. The molecular weight excluding hydrogens is 2110 g/mol. The summed E-state index contributed by atoms with van der Waals surface area (Å²) in [4.78, 5) is 21.9. The number of carbonyl (C=O) groups is 1. The van der Waals surface area contributed by atoms with E-state index in [1.165, 1.54) is 62.8 Å². The summed E-state index contributed by atoms with van der Waals surface area (Å²) in [7, 11) is 8.08. The van der Waals surface area contributed by atoms with Gasteiger partial charge in [-0.15, -0.1) is 6.58 Å². The maximum atomic E-state index is 12.9. The molecule has 0 saturated carbocycles. The number of rotatable bonds is 19. The Balaban J connectivity index is 0.000000389. The van der Waals surface area contributed by atoms with Gasteiger partial charge in [-0.05, 0) is 247 Å². The van der Waals surface area contributed by atoms with E-state index >= 15 is 0 Å². The number of benzene rings is 10. The first kappa shape index (κ1) is 112. The normalized spacial score (nSPS) is 12.8. The fourth-order valence-corrected chi connectivity index (χ4v) is 12.6. The first-order chi connectivity index (χ1) is 59.4. The van der Waals surface area contributed by atoms with Crippen LogP contribution >= 0.6 is 95.6 Å². The number of anilines is 1. The third-order valence-corrected chi connectivity index (χ3v) is 18.9. The van der Waals surface area contributed by atoms with E-state index in [1.807, 2.05) is 67.6 Å². The van der Waals surface area contributed by atoms with Crippen LogP contribution in [0.25, 0.3) is 6.08 Å². The SMILES string of the molecule is C=CC.C=Cc1ccc(OC)c(Cc2cccc(C(F)(F)F)c2)c1.COc1ccc(Br)cc1Cc1cccc(C(F)(F)F)c1.COc1ccc(Br)cc1N.COc1ccc([C@@H]2CC(Br)=NO2)cc1Cc1cccc(C(F)(F)F)c1.COc1ccc([C@H]2CC(Br)=NO2)cc1Cc1cccc(C(F)(F)F)c1.O=CO[O-].ON=C(Br)Br.O[B]Oc1cccc(C(F)(F)F)c1.[Na+]. The minimum atomic E-state index is -4.39. The molecule has 0 aromatic heterocycles. The van der Waals surface area contributed by atoms with Crippen LogP contribution in [0.4, 0.5) is 71.5 Å². The average Bonchev–Trinajstić information content (AvgIpc) is 1.80. The largest absolute Gasteiger partial charge is 1.00 e. The summed E-state index contributed by atoms with van der Waals surface area (Å²) in [6.45, 7) is 8.76. The number of nitrogens with zero attached hydrogens (tertiary/aromatic N) is 3. The number of nitrogen functional groups attached to an aromatic ring is 1. The standard InChI is InChI=1S/2C18H15BrF3NO2.C17H15F3O.C15H12BrF3O.C7H5BF3O2.C7H8BrNO.C3H6.CHBr2NO.CH2O3.Na/c2*1-24-15-6-5-12(16-10-17(19)23-25-16)9-13(15)7-11-3-2-4-14(8-11)18(20,21)22;1-3-12-7-8-16(21-2)14(9-12)10-13-5-4-6-15(11-13)17(18,19)20;1-20-14-6-5-13(16)9-11(14)7-10-3-2-4-12(8-10)15(17,18)19;9-7(10,11)5-2-1-3-6(4-5)13-8-12;1-10-7-3-2-5(8)4-6(7)9;1-3-2;2-1(3)4-5;2-1-4-3;/h2*2-6,8-9,16H,7,10H2,1H3;3-9,11H,1,10H2,2H3;2-6,8-9H,7H2,1H3;1-4,12H;2-4H,9H2,1H3;3H,1H2,2H3;5H;1,3H;/q;;;;;;;;;+1/p-1/t2*16-;;;;;;;;/m10......../s1. The van der Waals surface area contributed by atoms with Crippen LogP contribution in [0.1, 0.15) is 121 Å². The minimum absolute atomic E-state index is 0. The van der Waals surface area contributed by atoms with Gasteiger partial charge < -0.3 is 64.1 Å². The molecule has 0 bridgehead atoms. The summed E-state index contributed by atoms with van der Waals surface area (Å²) in [5, 5.41) is 34.6. The molecule has 17 nitrogen and oxygen atoms in total. The van der Waals surface area contributed by atoms with Crippen LogP contribution in [0.2, 0.25) is 0 Å². The maximum Gasteiger partial charge on any atom is 1.00 e. The van der Waals surface area contributed by atoms with E-state index in [0.29, 0.717) is 106 Å². The molecular formula is C87H78BBr6F15N4NaO13. The quantitative estimate of drug-likeness (QED) is 0.00788. The molecule has 4 N–H and O–H groups in total. The van der Waals surface area contributed by atoms with Gasteiger partial charge in [0.2, 0.25) is 0 Å². The van der Waals surface area contributed by atoms with Gasteiger partial charge in [0, 0.05) is 47.5 Å². The van der Waals surface area contributed by atoms with E-state index in [0.717, 1.165) is 106 Å². The molecule has 2 aliphatic rings. The summed E-state index contributed by atoms with van der Waals surface area (Å²) in [5.41, 5.74) is 11.1. The Morgan fingerprint density at radius 2 is 0.772 bits per heavy atom. The van der Waals surface area contributed by atoms with Crippen molar-refractivity contribution in [3.63, 3.8) is 0 Å². The fraction of sp³-hybridized carbons (Fsp3) is 0.218. The van der Waals surface area contributed by atoms with Crippen molar-refractivity contribution < 1.29 is 159 Å². The minimum Gasteiger partial charge on any atom is -0.662 e. The summed E-state index contributed by atoms with van der Waals surface area (Å²) in [6.07, 6.45) is -16.1. The number of ether oxygens (including phenoxy) is 5. The summed E-state index contributed by atoms with van der Waals surface area (Å²) >= 11 is 18.8. The number of halogens is 21. The average molecular weight is 2190 g/mol. The van der Waals surface area contributed by atoms with Crippen LogP contribution in [0.15, 0.2) is 256 Å². The zero-order chi connectivity index (χ0) is 94.1. The predicted molar refractivity (Wildman–Crippen MR) is 472 cm³/mol. The molecule has 2 aliphatic heterocycles. The monoisotopic (exact) mass is 2180 g/mol. The number of hydrogen-bond donors (Lipinski definition) is 3. The molecule has 40 heteroatoms. The zero-order valence-electron chi connectivity index (χ0n) is 68.1. The number of nitrogens with two attached hydrogens (primary N) is 1. The van der Waals surface area contributed by atoms with Crippen LogP contribution in [0.3, 0.4) is 0 Å². The molecule has 675 valence electrons. The molecule has 2 heterocycles. The molecule has 1 radical (unpaired) electrons. The molecule has 12 rings (SSSR count). The Morgan fingerprint density at radius 3 is 1.06 bits per heavy atom. The van der Waals surface area contributed by atoms with E-state index in [-0.39, 0.29) is 54.0 Å². The van der Waals surface area contributed by atoms with Crippen molar-refractivity contribution in [1.82, 2.24) is 0 Å². The third-order valence-electron chi connectivity index (χ3n) is 16.7. The second kappa shape index (κ2) is 55.8. The van der Waals surface area contributed by atoms with Crippen LogP contribution in [-0.4, -0.2) is 72.7 Å². The number of alkyl halides is 15. The third kappa shape index (κ3) is 40.3. The van der Waals surface area contributed by atoms with Gasteiger partial charge in [-0.3, -0.25) is 4.79 Å². The van der Waals surface area contributed by atoms with Crippen LogP contribution in [-0.2, 0) is 75.9 Å². The molecule has 10 aromatic rings. The molecule has 127 heavy (non-hydrogen) atoms. The van der Waals surface area contributed by atoms with Crippen molar-refractivity contribution >= 4 is 134 Å². The smallest absolute Gasteiger partial charge is 0.662 e. The van der Waals surface area contributed by atoms with Gasteiger partial charge in [0.25, 0.3) is 6.47 Å². The summed E-state index contributed by atoms with van der Waals surface area (Å²) in [6, 6.07) is 53.1. The van der Waals surface area contributed by atoms with Gasteiger partial charge in [0.1, 0.15) is 43.7 Å². The molecule has 10 aromatic carbocycles. The van der Waals surface area contributed by atoms with Crippen LogP contribution in [0.5, 0.6) is 34.5 Å². The molecule has 0 aliphatic carbocycles. The van der Waals surface area contributed by atoms with E-state index in [4.69, 9.17) is 59.4 Å². The molecule has 0 unspecified atom stereocenters. The Morgan fingerprint density at radius 1 is 0.480 bits per heavy atom. The van der Waals surface area contributed by atoms with Crippen LogP contribution in [0, 0.1) is 0 Å². The van der Waals surface area contributed by atoms with E-state index in [9.17, 15) is 65.9 Å². The zero-order valence-corrected chi connectivity index (χ0v) is 79.6. The van der Waals surface area contributed by atoms with Gasteiger partial charge >= 0.3 is 68.1 Å². The number of allylic oxidation sites excluding steroid dienone is 1. The second-order valence-corrected chi connectivity index (χ2v) is 31.7. The summed E-state index contributed by atoms with van der Waals surface area (Å²) in [5.74, 6) is 3.21. The van der Waals surface area contributed by atoms with E-state index in [2.05, 4.69) is 134 Å². The van der Waals surface area contributed by atoms with Gasteiger partial charge in [0.15, 0.2) is 15.7 Å². The molecule has 0 fully saturated rings. The Labute approximate surface area is 795 Å². The Hall–Kier alpha value is -9.03. The Kier molecular flexibility index (Phi) is 49.2. The first-order valence-electron chi connectivity index (χ1n) is 36.0. The fourth-order valence-electron chi connectivity index (χ4n) is 11.1. The molecule has 0 saturated heterocycles. The molecule has 0 spiro atoms. The van der Waals surface area contributed by atoms with Crippen molar-refractivity contribution in [3.8, 4) is 34.5 Å². The van der Waals surface area contributed by atoms with E-state index in [1.54, 1.807) is 88.1 Å². The maximum absolute atomic E-state index is 12.9. The van der Waals surface area contributed by atoms with Gasteiger partial charge in [-0.1, -0.05) is 163 Å². The molecule has 0 amide bonds. The van der Waals surface area contributed by atoms with Crippen LogP contribution < -0.4 is 68.9 Å². The number of oxime groups is 3. The number of hydrogen-bond acceptors (Lipinski definition) is 17. The second-order valence-electron chi connectivity index (χ2n) is 25.5. The summed E-state index contributed by atoms with van der Waals surface area (Å²) < 4.78 is 224. The first-order valence-corrected chi connectivity index (χ1v) is 40.8. The van der Waals surface area contributed by atoms with Crippen molar-refractivity contribution in [3.05, 3.63) is 330 Å². The van der Waals surface area contributed by atoms with Gasteiger partial charge in [-0.2, -0.15) is 65.9 Å². The predicted octanol–water partition coefficient (Wildman–Crippen LogP) is 22.8. The topological polar surface area (TPSA) is 227 Å². The number of methoxy groups -OCH3 is 5.